The molecule has 0 spiro atoms. The van der Waals surface area contributed by atoms with Crippen LogP contribution in [0, 0.1) is 5.82 Å². The van der Waals surface area contributed by atoms with E-state index >= 15 is 0 Å². The van der Waals surface area contributed by atoms with Crippen molar-refractivity contribution in [1.29, 1.82) is 0 Å². The van der Waals surface area contributed by atoms with E-state index < -0.39 is 17.6 Å². The molecule has 0 saturated carbocycles. The summed E-state index contributed by atoms with van der Waals surface area (Å²) in [6.45, 7) is 0. The van der Waals surface area contributed by atoms with E-state index in [9.17, 15) is 22.4 Å². The Bertz CT molecular complexity index is 622. The van der Waals surface area contributed by atoms with Gasteiger partial charge in [-0.15, -0.1) is 0 Å². The fourth-order valence-corrected chi connectivity index (χ4v) is 1.68. The predicted molar refractivity (Wildman–Crippen MR) is 60.0 cm³/mol. The molecule has 98 valence electrons. The summed E-state index contributed by atoms with van der Waals surface area (Å²) < 4.78 is 52.2. The minimum absolute atomic E-state index is 0.0544. The molecule has 0 aliphatic heterocycles. The molecule has 0 amide bonds. The van der Waals surface area contributed by atoms with E-state index in [1.165, 1.54) is 6.07 Å². The van der Waals surface area contributed by atoms with Crippen LogP contribution in [0.15, 0.2) is 36.7 Å². The quantitative estimate of drug-likeness (QED) is 0.614. The number of benzene rings is 1. The van der Waals surface area contributed by atoms with Gasteiger partial charge in [0, 0.05) is 29.1 Å². The largest absolute Gasteiger partial charge is 0.417 e. The molecule has 2 nitrogen and oxygen atoms in total. The summed E-state index contributed by atoms with van der Waals surface area (Å²) in [6, 6.07) is 4.04. The molecule has 0 saturated heterocycles. The van der Waals surface area contributed by atoms with E-state index in [-0.39, 0.29) is 16.7 Å². The fourth-order valence-electron chi connectivity index (χ4n) is 1.68. The zero-order valence-electron chi connectivity index (χ0n) is 9.41. The molecule has 0 atom stereocenters. The Morgan fingerprint density at radius 1 is 1.11 bits per heavy atom. The van der Waals surface area contributed by atoms with Crippen LogP contribution < -0.4 is 0 Å². The van der Waals surface area contributed by atoms with Gasteiger partial charge < -0.3 is 0 Å². The van der Waals surface area contributed by atoms with Gasteiger partial charge in [0.15, 0.2) is 0 Å². The number of alkyl halides is 3. The molecule has 2 aromatic rings. The zero-order chi connectivity index (χ0) is 14.0. The normalized spacial score (nSPS) is 11.4. The molecule has 1 aromatic heterocycles. The highest BCUT2D eigenvalue weighted by Crippen LogP contribution is 2.37. The molecule has 0 unspecified atom stereocenters. The van der Waals surface area contributed by atoms with Gasteiger partial charge >= 0.3 is 6.18 Å². The third-order valence-corrected chi connectivity index (χ3v) is 2.55. The second kappa shape index (κ2) is 4.79. The molecule has 2 rings (SSSR count). The van der Waals surface area contributed by atoms with Crippen molar-refractivity contribution in [2.45, 2.75) is 6.18 Å². The molecule has 6 heteroatoms. The van der Waals surface area contributed by atoms with Crippen molar-refractivity contribution in [3.63, 3.8) is 0 Å². The Morgan fingerprint density at radius 3 is 2.42 bits per heavy atom. The molecule has 1 heterocycles. The molecule has 0 fully saturated rings. The molecular formula is C13H7F4NO. The third-order valence-electron chi connectivity index (χ3n) is 2.55. The van der Waals surface area contributed by atoms with Gasteiger partial charge in [-0.25, -0.2) is 4.39 Å². The fraction of sp³-hybridized carbons (Fsp3) is 0.0769. The second-order valence-electron chi connectivity index (χ2n) is 3.78. The Hall–Kier alpha value is -2.24. The van der Waals surface area contributed by atoms with Crippen molar-refractivity contribution in [3.8, 4) is 11.1 Å². The minimum Gasteiger partial charge on any atom is -0.298 e. The lowest BCUT2D eigenvalue weighted by Gasteiger charge is -2.12. The van der Waals surface area contributed by atoms with Crippen molar-refractivity contribution in [1.82, 2.24) is 4.98 Å². The van der Waals surface area contributed by atoms with Crippen molar-refractivity contribution in [3.05, 3.63) is 53.6 Å². The summed E-state index contributed by atoms with van der Waals surface area (Å²) in [7, 11) is 0. The highest BCUT2D eigenvalue weighted by atomic mass is 19.4. The SMILES string of the molecule is O=Cc1ccc(-c2cnccc2C(F)(F)F)c(F)c1. The number of aromatic nitrogens is 1. The predicted octanol–water partition coefficient (Wildman–Crippen LogP) is 3.72. The molecule has 1 aromatic carbocycles. The monoisotopic (exact) mass is 269 g/mol. The Balaban J connectivity index is 2.63. The summed E-state index contributed by atoms with van der Waals surface area (Å²) in [5.41, 5.74) is -1.52. The van der Waals surface area contributed by atoms with Crippen LogP contribution in [0.2, 0.25) is 0 Å². The first-order chi connectivity index (χ1) is 8.93. The van der Waals surface area contributed by atoms with Crippen LogP contribution in [-0.2, 0) is 6.18 Å². The lowest BCUT2D eigenvalue weighted by molar-refractivity contribution is -0.137. The number of carbonyl (C=O) groups is 1. The van der Waals surface area contributed by atoms with Gasteiger partial charge in [-0.1, -0.05) is 12.1 Å². The van der Waals surface area contributed by atoms with Crippen molar-refractivity contribution in [2.24, 2.45) is 0 Å². The van der Waals surface area contributed by atoms with Gasteiger partial charge in [-0.3, -0.25) is 9.78 Å². The van der Waals surface area contributed by atoms with Gasteiger partial charge in [0.1, 0.15) is 12.1 Å². The maximum absolute atomic E-state index is 13.7. The van der Waals surface area contributed by atoms with Crippen LogP contribution in [0.3, 0.4) is 0 Å². The van der Waals surface area contributed by atoms with E-state index in [4.69, 9.17) is 0 Å². The first kappa shape index (κ1) is 13.2. The number of pyridine rings is 1. The van der Waals surface area contributed by atoms with E-state index in [0.717, 1.165) is 30.6 Å². The number of hydrogen-bond acceptors (Lipinski definition) is 2. The van der Waals surface area contributed by atoms with Crippen LogP contribution in [-0.4, -0.2) is 11.3 Å². The van der Waals surface area contributed by atoms with Gasteiger partial charge in [-0.05, 0) is 12.1 Å². The Kier molecular flexibility index (Phi) is 3.33. The van der Waals surface area contributed by atoms with Gasteiger partial charge in [0.25, 0.3) is 0 Å². The Morgan fingerprint density at radius 2 is 1.84 bits per heavy atom. The van der Waals surface area contributed by atoms with Gasteiger partial charge in [-0.2, -0.15) is 13.2 Å². The average molecular weight is 269 g/mol. The van der Waals surface area contributed by atoms with E-state index in [2.05, 4.69) is 4.98 Å². The number of aldehydes is 1. The van der Waals surface area contributed by atoms with E-state index in [1.54, 1.807) is 0 Å². The first-order valence-corrected chi connectivity index (χ1v) is 5.20. The van der Waals surface area contributed by atoms with Crippen LogP contribution in [0.5, 0.6) is 0 Å². The number of carbonyl (C=O) groups excluding carboxylic acids is 1. The van der Waals surface area contributed by atoms with E-state index in [1.807, 2.05) is 0 Å². The highest BCUT2D eigenvalue weighted by molar-refractivity contribution is 5.77. The molecule has 0 radical (unpaired) electrons. The highest BCUT2D eigenvalue weighted by Gasteiger charge is 2.34. The van der Waals surface area contributed by atoms with Gasteiger partial charge in [0.2, 0.25) is 0 Å². The maximum Gasteiger partial charge on any atom is 0.417 e. The minimum atomic E-state index is -4.60. The summed E-state index contributed by atoms with van der Waals surface area (Å²) in [5.74, 6) is -0.900. The van der Waals surface area contributed by atoms with Crippen LogP contribution in [0.4, 0.5) is 17.6 Å². The molecule has 0 aliphatic carbocycles. The van der Waals surface area contributed by atoms with Crippen molar-refractivity contribution < 1.29 is 22.4 Å². The summed E-state index contributed by atoms with van der Waals surface area (Å²) >= 11 is 0. The molecule has 0 aliphatic rings. The number of hydrogen-bond donors (Lipinski definition) is 0. The second-order valence-corrected chi connectivity index (χ2v) is 3.78. The van der Waals surface area contributed by atoms with Gasteiger partial charge in [0.05, 0.1) is 5.56 Å². The smallest absolute Gasteiger partial charge is 0.298 e. The lowest BCUT2D eigenvalue weighted by Crippen LogP contribution is -2.08. The number of halogens is 4. The summed E-state index contributed by atoms with van der Waals surface area (Å²) in [5, 5.41) is 0. The molecule has 0 bridgehead atoms. The summed E-state index contributed by atoms with van der Waals surface area (Å²) in [6.07, 6.45) is -2.25. The topological polar surface area (TPSA) is 30.0 Å². The summed E-state index contributed by atoms with van der Waals surface area (Å²) in [4.78, 5) is 14.1. The van der Waals surface area contributed by atoms with Crippen LogP contribution in [0.25, 0.3) is 11.1 Å². The maximum atomic E-state index is 13.7. The molecular weight excluding hydrogens is 262 g/mol. The zero-order valence-corrected chi connectivity index (χ0v) is 9.41. The number of rotatable bonds is 2. The Labute approximate surface area is 105 Å². The molecule has 19 heavy (non-hydrogen) atoms. The van der Waals surface area contributed by atoms with Crippen LogP contribution >= 0.6 is 0 Å². The van der Waals surface area contributed by atoms with Crippen molar-refractivity contribution >= 4 is 6.29 Å². The average Bonchev–Trinajstić information content (AvgIpc) is 2.37. The first-order valence-electron chi connectivity index (χ1n) is 5.20. The molecule has 0 N–H and O–H groups in total. The number of nitrogens with zero attached hydrogens (tertiary/aromatic N) is 1. The van der Waals surface area contributed by atoms with Crippen LogP contribution in [0.1, 0.15) is 15.9 Å². The third kappa shape index (κ3) is 2.62. The standard InChI is InChI=1S/C13H7F4NO/c14-12-5-8(7-19)1-2-9(12)10-6-18-4-3-11(10)13(15,16)17/h1-7H. The van der Waals surface area contributed by atoms with Crippen molar-refractivity contribution in [2.75, 3.05) is 0 Å². The van der Waals surface area contributed by atoms with E-state index in [0.29, 0.717) is 6.29 Å². The lowest BCUT2D eigenvalue weighted by atomic mass is 10.00.